The second kappa shape index (κ2) is 7.61. The fourth-order valence-electron chi connectivity index (χ4n) is 1.92. The zero-order valence-corrected chi connectivity index (χ0v) is 12.9. The van der Waals surface area contributed by atoms with E-state index in [1.807, 2.05) is 30.3 Å². The number of hydrogen-bond acceptors (Lipinski definition) is 4. The standard InChI is InChI=1S/C16H16N2O3S/c1-12-7-8-14(15(9-12)18(20)21)17-16(19)11-22-10-13-5-3-2-4-6-13/h2-9H,10-11H2,1H3,(H,17,19). The molecule has 0 atom stereocenters. The average Bonchev–Trinajstić information content (AvgIpc) is 2.50. The van der Waals surface area contributed by atoms with Crippen molar-refractivity contribution >= 4 is 29.0 Å². The number of carbonyl (C=O) groups excluding carboxylic acids is 1. The third-order valence-corrected chi connectivity index (χ3v) is 3.97. The number of carbonyl (C=O) groups is 1. The van der Waals surface area contributed by atoms with Crippen molar-refractivity contribution in [2.75, 3.05) is 11.1 Å². The van der Waals surface area contributed by atoms with Crippen LogP contribution in [0.25, 0.3) is 0 Å². The van der Waals surface area contributed by atoms with Crippen LogP contribution >= 0.6 is 11.8 Å². The van der Waals surface area contributed by atoms with Crippen LogP contribution in [0, 0.1) is 17.0 Å². The summed E-state index contributed by atoms with van der Waals surface area (Å²) < 4.78 is 0. The van der Waals surface area contributed by atoms with Crippen LogP contribution in [0.3, 0.4) is 0 Å². The van der Waals surface area contributed by atoms with Crippen LogP contribution in [0.4, 0.5) is 11.4 Å². The van der Waals surface area contributed by atoms with Crippen molar-refractivity contribution in [1.82, 2.24) is 0 Å². The smallest absolute Gasteiger partial charge is 0.293 e. The van der Waals surface area contributed by atoms with Crippen LogP contribution in [0.1, 0.15) is 11.1 Å². The number of amides is 1. The van der Waals surface area contributed by atoms with E-state index in [1.165, 1.54) is 17.8 Å². The first-order valence-corrected chi connectivity index (χ1v) is 7.88. The van der Waals surface area contributed by atoms with Gasteiger partial charge in [-0.15, -0.1) is 11.8 Å². The van der Waals surface area contributed by atoms with Gasteiger partial charge in [0.05, 0.1) is 10.7 Å². The van der Waals surface area contributed by atoms with E-state index in [4.69, 9.17) is 0 Å². The van der Waals surface area contributed by atoms with Gasteiger partial charge in [0.1, 0.15) is 5.69 Å². The monoisotopic (exact) mass is 316 g/mol. The maximum absolute atomic E-state index is 11.9. The van der Waals surface area contributed by atoms with Gasteiger partial charge in [-0.05, 0) is 24.1 Å². The second-order valence-corrected chi connectivity index (χ2v) is 5.79. The second-order valence-electron chi connectivity index (χ2n) is 4.80. The highest BCUT2D eigenvalue weighted by molar-refractivity contribution is 7.99. The Morgan fingerprint density at radius 2 is 1.95 bits per heavy atom. The third kappa shape index (κ3) is 4.60. The zero-order chi connectivity index (χ0) is 15.9. The van der Waals surface area contributed by atoms with Crippen molar-refractivity contribution in [3.63, 3.8) is 0 Å². The first kappa shape index (κ1) is 16.0. The molecule has 2 aromatic rings. The lowest BCUT2D eigenvalue weighted by atomic mass is 10.2. The van der Waals surface area contributed by atoms with E-state index >= 15 is 0 Å². The Morgan fingerprint density at radius 3 is 2.64 bits per heavy atom. The van der Waals surface area contributed by atoms with Gasteiger partial charge >= 0.3 is 0 Å². The molecule has 0 saturated heterocycles. The van der Waals surface area contributed by atoms with Crippen LogP contribution in [0.15, 0.2) is 48.5 Å². The average molecular weight is 316 g/mol. The lowest BCUT2D eigenvalue weighted by Crippen LogP contribution is -2.15. The minimum atomic E-state index is -0.486. The number of nitrogens with zero attached hydrogens (tertiary/aromatic N) is 1. The van der Waals surface area contributed by atoms with E-state index in [0.717, 1.165) is 16.9 Å². The molecule has 0 spiro atoms. The number of thioether (sulfide) groups is 1. The molecule has 0 aliphatic carbocycles. The SMILES string of the molecule is Cc1ccc(NC(=O)CSCc2ccccc2)c([N+](=O)[O-])c1. The molecule has 22 heavy (non-hydrogen) atoms. The summed E-state index contributed by atoms with van der Waals surface area (Å²) in [6, 6.07) is 14.6. The van der Waals surface area contributed by atoms with Crippen molar-refractivity contribution in [2.45, 2.75) is 12.7 Å². The number of aryl methyl sites for hydroxylation is 1. The van der Waals surface area contributed by atoms with Gasteiger partial charge < -0.3 is 5.32 Å². The van der Waals surface area contributed by atoms with Gasteiger partial charge in [0, 0.05) is 11.8 Å². The normalized spacial score (nSPS) is 10.2. The first-order valence-electron chi connectivity index (χ1n) is 6.73. The van der Waals surface area contributed by atoms with Crippen molar-refractivity contribution in [2.24, 2.45) is 0 Å². The maximum atomic E-state index is 11.9. The van der Waals surface area contributed by atoms with Gasteiger partial charge in [0.25, 0.3) is 5.69 Å². The Labute approximate surface area is 132 Å². The number of benzene rings is 2. The summed E-state index contributed by atoms with van der Waals surface area (Å²) in [4.78, 5) is 22.4. The Bertz CT molecular complexity index is 674. The molecule has 0 saturated carbocycles. The lowest BCUT2D eigenvalue weighted by Gasteiger charge is -2.07. The molecular formula is C16H16N2O3S. The summed E-state index contributed by atoms with van der Waals surface area (Å²) in [5, 5.41) is 13.6. The number of nitro benzene ring substituents is 1. The topological polar surface area (TPSA) is 72.2 Å². The highest BCUT2D eigenvalue weighted by Crippen LogP contribution is 2.25. The number of anilines is 1. The minimum Gasteiger partial charge on any atom is -0.320 e. The third-order valence-electron chi connectivity index (χ3n) is 2.97. The van der Waals surface area contributed by atoms with Crippen molar-refractivity contribution in [3.8, 4) is 0 Å². The van der Waals surface area contributed by atoms with Crippen LogP contribution in [-0.4, -0.2) is 16.6 Å². The summed E-state index contributed by atoms with van der Waals surface area (Å²) in [6.45, 7) is 1.77. The molecule has 1 amide bonds. The van der Waals surface area contributed by atoms with Crippen molar-refractivity contribution in [1.29, 1.82) is 0 Å². The summed E-state index contributed by atoms with van der Waals surface area (Å²) in [7, 11) is 0. The molecule has 114 valence electrons. The highest BCUT2D eigenvalue weighted by Gasteiger charge is 2.15. The molecule has 2 rings (SSSR count). The maximum Gasteiger partial charge on any atom is 0.293 e. The first-order chi connectivity index (χ1) is 10.6. The van der Waals surface area contributed by atoms with Gasteiger partial charge in [-0.2, -0.15) is 0 Å². The van der Waals surface area contributed by atoms with E-state index in [9.17, 15) is 14.9 Å². The Hall–Kier alpha value is -2.34. The predicted octanol–water partition coefficient (Wildman–Crippen LogP) is 3.78. The zero-order valence-electron chi connectivity index (χ0n) is 12.1. The molecule has 0 bridgehead atoms. The van der Waals surface area contributed by atoms with Gasteiger partial charge in [-0.1, -0.05) is 36.4 Å². The van der Waals surface area contributed by atoms with E-state index in [1.54, 1.807) is 19.1 Å². The molecule has 0 aromatic heterocycles. The fourth-order valence-corrected chi connectivity index (χ4v) is 2.71. The Morgan fingerprint density at radius 1 is 1.23 bits per heavy atom. The summed E-state index contributed by atoms with van der Waals surface area (Å²) in [5.41, 5.74) is 2.08. The largest absolute Gasteiger partial charge is 0.320 e. The van der Waals surface area contributed by atoms with Crippen LogP contribution in [0.5, 0.6) is 0 Å². The summed E-state index contributed by atoms with van der Waals surface area (Å²) in [5.74, 6) is 0.734. The fraction of sp³-hybridized carbons (Fsp3) is 0.188. The van der Waals surface area contributed by atoms with Crippen LogP contribution in [0.2, 0.25) is 0 Å². The number of nitrogens with one attached hydrogen (secondary N) is 1. The summed E-state index contributed by atoms with van der Waals surface area (Å²) >= 11 is 1.47. The quantitative estimate of drug-likeness (QED) is 0.650. The Kier molecular flexibility index (Phi) is 5.55. The van der Waals surface area contributed by atoms with Crippen molar-refractivity contribution in [3.05, 3.63) is 69.8 Å². The number of rotatable bonds is 6. The van der Waals surface area contributed by atoms with Crippen LogP contribution < -0.4 is 5.32 Å². The molecule has 5 nitrogen and oxygen atoms in total. The van der Waals surface area contributed by atoms with E-state index in [2.05, 4.69) is 5.32 Å². The summed E-state index contributed by atoms with van der Waals surface area (Å²) in [6.07, 6.45) is 0. The Balaban J connectivity index is 1.91. The predicted molar refractivity (Wildman–Crippen MR) is 89.1 cm³/mol. The van der Waals surface area contributed by atoms with E-state index in [0.29, 0.717) is 0 Å². The molecule has 6 heteroatoms. The highest BCUT2D eigenvalue weighted by atomic mass is 32.2. The van der Waals surface area contributed by atoms with Gasteiger partial charge in [0.2, 0.25) is 5.91 Å². The molecular weight excluding hydrogens is 300 g/mol. The molecule has 0 unspecified atom stereocenters. The lowest BCUT2D eigenvalue weighted by molar-refractivity contribution is -0.384. The molecule has 2 aromatic carbocycles. The van der Waals surface area contributed by atoms with Crippen molar-refractivity contribution < 1.29 is 9.72 Å². The molecule has 0 aliphatic heterocycles. The molecule has 0 fully saturated rings. The molecule has 0 aliphatic rings. The minimum absolute atomic E-state index is 0.0820. The molecule has 0 radical (unpaired) electrons. The van der Waals surface area contributed by atoms with Gasteiger partial charge in [-0.3, -0.25) is 14.9 Å². The number of nitro groups is 1. The van der Waals surface area contributed by atoms with E-state index in [-0.39, 0.29) is 23.0 Å². The van der Waals surface area contributed by atoms with Gasteiger partial charge in [-0.25, -0.2) is 0 Å². The molecule has 0 heterocycles. The van der Waals surface area contributed by atoms with E-state index < -0.39 is 4.92 Å². The number of hydrogen-bond donors (Lipinski definition) is 1. The molecule has 1 N–H and O–H groups in total. The van der Waals surface area contributed by atoms with Gasteiger partial charge in [0.15, 0.2) is 0 Å². The van der Waals surface area contributed by atoms with Crippen LogP contribution in [-0.2, 0) is 10.5 Å².